The molecule has 0 aliphatic rings. The number of aliphatic hydroxyl groups excluding tert-OH is 1. The summed E-state index contributed by atoms with van der Waals surface area (Å²) in [4.78, 5) is 4.53. The molecule has 1 unspecified atom stereocenters. The van der Waals surface area contributed by atoms with Gasteiger partial charge in [-0.3, -0.25) is 0 Å². The minimum atomic E-state index is -0.736. The maximum absolute atomic E-state index is 10.1. The van der Waals surface area contributed by atoms with Crippen LogP contribution in [0.5, 0.6) is 10.9 Å². The van der Waals surface area contributed by atoms with Gasteiger partial charge in [-0.2, -0.15) is 4.98 Å². The Hall–Kier alpha value is -1.04. The van der Waals surface area contributed by atoms with Crippen LogP contribution in [0.1, 0.15) is 60.1 Å². The van der Waals surface area contributed by atoms with Crippen molar-refractivity contribution in [2.45, 2.75) is 66.3 Å². The SMILES string of the molecule is CC.CC(C)Oc1nc2c(OC(C)(C)C)ccc(C(O)CCl)c2s1. The summed E-state index contributed by atoms with van der Waals surface area (Å²) in [6.45, 7) is 13.9. The van der Waals surface area contributed by atoms with Gasteiger partial charge < -0.3 is 14.6 Å². The van der Waals surface area contributed by atoms with E-state index in [2.05, 4.69) is 4.98 Å². The zero-order valence-electron chi connectivity index (χ0n) is 15.5. The third kappa shape index (κ3) is 5.50. The van der Waals surface area contributed by atoms with Gasteiger partial charge in [0.25, 0.3) is 5.19 Å². The predicted molar refractivity (Wildman–Crippen MR) is 103 cm³/mol. The fraction of sp³-hybridized carbons (Fsp3) is 0.611. The van der Waals surface area contributed by atoms with Crippen molar-refractivity contribution in [3.63, 3.8) is 0 Å². The number of nitrogens with zero attached hydrogens (tertiary/aromatic N) is 1. The molecule has 0 amide bonds. The van der Waals surface area contributed by atoms with E-state index in [1.54, 1.807) is 0 Å². The molecule has 0 fully saturated rings. The number of fused-ring (bicyclic) bond motifs is 1. The van der Waals surface area contributed by atoms with Crippen molar-refractivity contribution in [2.24, 2.45) is 0 Å². The van der Waals surface area contributed by atoms with Crippen LogP contribution in [0.2, 0.25) is 0 Å². The second-order valence-corrected chi connectivity index (χ2v) is 7.63. The van der Waals surface area contributed by atoms with Crippen LogP contribution in [0, 0.1) is 0 Å². The molecule has 6 heteroatoms. The van der Waals surface area contributed by atoms with Gasteiger partial charge in [-0.15, -0.1) is 11.6 Å². The fourth-order valence-electron chi connectivity index (χ4n) is 1.99. The first kappa shape index (κ1) is 21.0. The summed E-state index contributed by atoms with van der Waals surface area (Å²) < 4.78 is 12.5. The Labute approximate surface area is 153 Å². The standard InChI is InChI=1S/C16H22ClNO3S.C2H6/c1-9(2)20-15-18-13-12(21-16(3,4)5)7-6-10(11(19)8-17)14(13)22-15;1-2/h6-7,9,11,19H,8H2,1-5H3;1-2H3. The second kappa shape index (κ2) is 8.88. The number of rotatable bonds is 5. The molecular formula is C18H28ClNO3S. The van der Waals surface area contributed by atoms with E-state index < -0.39 is 6.10 Å². The Kier molecular flexibility index (Phi) is 7.77. The first-order valence-electron chi connectivity index (χ1n) is 8.24. The topological polar surface area (TPSA) is 51.6 Å². The molecule has 0 aliphatic carbocycles. The second-order valence-electron chi connectivity index (χ2n) is 6.36. The van der Waals surface area contributed by atoms with E-state index >= 15 is 0 Å². The largest absolute Gasteiger partial charge is 0.486 e. The van der Waals surface area contributed by atoms with Gasteiger partial charge in [0, 0.05) is 5.56 Å². The number of benzene rings is 1. The monoisotopic (exact) mass is 373 g/mol. The number of alkyl halides is 1. The van der Waals surface area contributed by atoms with Crippen molar-refractivity contribution in [2.75, 3.05) is 5.88 Å². The number of halogens is 1. The summed E-state index contributed by atoms with van der Waals surface area (Å²) in [5, 5.41) is 10.7. The lowest BCUT2D eigenvalue weighted by atomic mass is 10.1. The van der Waals surface area contributed by atoms with Crippen LogP contribution in [0.3, 0.4) is 0 Å². The molecule has 1 aromatic heterocycles. The normalized spacial score (nSPS) is 12.8. The van der Waals surface area contributed by atoms with Gasteiger partial charge in [0.2, 0.25) is 0 Å². The van der Waals surface area contributed by atoms with Gasteiger partial charge >= 0.3 is 0 Å². The van der Waals surface area contributed by atoms with Crippen LogP contribution in [0.15, 0.2) is 12.1 Å². The molecule has 0 saturated heterocycles. The zero-order chi connectivity index (χ0) is 18.5. The molecule has 1 aromatic carbocycles. The fourth-order valence-corrected chi connectivity index (χ4v) is 3.28. The highest BCUT2D eigenvalue weighted by Crippen LogP contribution is 2.40. The molecule has 0 bridgehead atoms. The number of hydrogen-bond acceptors (Lipinski definition) is 5. The van der Waals surface area contributed by atoms with Gasteiger partial charge in [0.1, 0.15) is 16.9 Å². The summed E-state index contributed by atoms with van der Waals surface area (Å²) in [5.41, 5.74) is 1.13. The molecule has 1 heterocycles. The number of thiazole rings is 1. The van der Waals surface area contributed by atoms with Gasteiger partial charge in [-0.05, 0) is 40.7 Å². The maximum atomic E-state index is 10.1. The highest BCUT2D eigenvalue weighted by atomic mass is 35.5. The van der Waals surface area contributed by atoms with Gasteiger partial charge in [-0.25, -0.2) is 0 Å². The Morgan fingerprint density at radius 2 is 1.88 bits per heavy atom. The van der Waals surface area contributed by atoms with Crippen LogP contribution in [-0.2, 0) is 0 Å². The van der Waals surface area contributed by atoms with Crippen LogP contribution in [0.4, 0.5) is 0 Å². The molecular weight excluding hydrogens is 346 g/mol. The third-order valence-corrected chi connectivity index (χ3v) is 4.06. The molecule has 136 valence electrons. The van der Waals surface area contributed by atoms with E-state index in [1.165, 1.54) is 11.3 Å². The van der Waals surface area contributed by atoms with E-state index in [1.807, 2.05) is 60.6 Å². The lowest BCUT2D eigenvalue weighted by Crippen LogP contribution is -2.23. The Morgan fingerprint density at radius 3 is 2.38 bits per heavy atom. The smallest absolute Gasteiger partial charge is 0.274 e. The quantitative estimate of drug-likeness (QED) is 0.697. The Balaban J connectivity index is 0.00000139. The summed E-state index contributed by atoms with van der Waals surface area (Å²) in [6.07, 6.45) is -0.700. The van der Waals surface area contributed by atoms with E-state index in [0.717, 1.165) is 10.3 Å². The Bertz CT molecular complexity index is 649. The molecule has 0 aliphatic heterocycles. The molecule has 1 atom stereocenters. The summed E-state index contributed by atoms with van der Waals surface area (Å²) in [5.74, 6) is 0.815. The number of ether oxygens (including phenoxy) is 2. The van der Waals surface area contributed by atoms with Crippen molar-refractivity contribution in [1.29, 1.82) is 0 Å². The van der Waals surface area contributed by atoms with Crippen molar-refractivity contribution < 1.29 is 14.6 Å². The van der Waals surface area contributed by atoms with E-state index in [-0.39, 0.29) is 17.6 Å². The molecule has 0 saturated carbocycles. The van der Waals surface area contributed by atoms with Crippen molar-refractivity contribution >= 4 is 33.2 Å². The molecule has 2 aromatic rings. The van der Waals surface area contributed by atoms with Gasteiger partial charge in [-0.1, -0.05) is 31.3 Å². The number of aromatic nitrogens is 1. The van der Waals surface area contributed by atoms with Crippen molar-refractivity contribution in [1.82, 2.24) is 4.98 Å². The predicted octanol–water partition coefficient (Wildman–Crippen LogP) is 5.56. The summed E-state index contributed by atoms with van der Waals surface area (Å²) in [6, 6.07) is 3.67. The van der Waals surface area contributed by atoms with Crippen molar-refractivity contribution in [3.05, 3.63) is 17.7 Å². The van der Waals surface area contributed by atoms with Crippen LogP contribution in [-0.4, -0.2) is 27.7 Å². The summed E-state index contributed by atoms with van der Waals surface area (Å²) >= 11 is 7.20. The third-order valence-electron chi connectivity index (χ3n) is 2.78. The zero-order valence-corrected chi connectivity index (χ0v) is 17.1. The summed E-state index contributed by atoms with van der Waals surface area (Å²) in [7, 11) is 0. The van der Waals surface area contributed by atoms with E-state index in [4.69, 9.17) is 21.1 Å². The Morgan fingerprint density at radius 1 is 1.25 bits per heavy atom. The van der Waals surface area contributed by atoms with Crippen molar-refractivity contribution in [3.8, 4) is 10.9 Å². The first-order chi connectivity index (χ1) is 11.2. The average molecular weight is 374 g/mol. The molecule has 4 nitrogen and oxygen atoms in total. The van der Waals surface area contributed by atoms with Crippen LogP contribution >= 0.6 is 22.9 Å². The minimum absolute atomic E-state index is 0.0361. The molecule has 0 radical (unpaired) electrons. The van der Waals surface area contributed by atoms with E-state index in [0.29, 0.717) is 16.5 Å². The number of hydrogen-bond donors (Lipinski definition) is 1. The van der Waals surface area contributed by atoms with E-state index in [9.17, 15) is 5.11 Å². The van der Waals surface area contributed by atoms with Gasteiger partial charge in [0.05, 0.1) is 22.8 Å². The minimum Gasteiger partial charge on any atom is -0.486 e. The highest BCUT2D eigenvalue weighted by molar-refractivity contribution is 7.20. The lowest BCUT2D eigenvalue weighted by Gasteiger charge is -2.22. The molecule has 1 N–H and O–H groups in total. The highest BCUT2D eigenvalue weighted by Gasteiger charge is 2.21. The van der Waals surface area contributed by atoms with Crippen LogP contribution in [0.25, 0.3) is 10.2 Å². The molecule has 24 heavy (non-hydrogen) atoms. The first-order valence-corrected chi connectivity index (χ1v) is 9.59. The van der Waals surface area contributed by atoms with Crippen LogP contribution < -0.4 is 9.47 Å². The number of aliphatic hydroxyl groups is 1. The molecule has 2 rings (SSSR count). The van der Waals surface area contributed by atoms with Gasteiger partial charge in [0.15, 0.2) is 0 Å². The average Bonchev–Trinajstić information content (AvgIpc) is 2.90. The molecule has 0 spiro atoms. The maximum Gasteiger partial charge on any atom is 0.274 e. The lowest BCUT2D eigenvalue weighted by molar-refractivity contribution is 0.132.